The molecule has 0 fully saturated rings. The van der Waals surface area contributed by atoms with Crippen LogP contribution in [0.15, 0.2) is 152 Å². The average Bonchev–Trinajstić information content (AvgIpc) is 3.47. The molecule has 3 nitrogen and oxygen atoms in total. The van der Waals surface area contributed by atoms with E-state index in [0.717, 1.165) is 16.7 Å². The Bertz CT molecular complexity index is 2170. The van der Waals surface area contributed by atoms with E-state index in [9.17, 15) is 0 Å². The van der Waals surface area contributed by atoms with E-state index in [1.165, 1.54) is 42.4 Å². The van der Waals surface area contributed by atoms with Gasteiger partial charge >= 0.3 is 0 Å². The molecule has 0 radical (unpaired) electrons. The van der Waals surface area contributed by atoms with E-state index in [1.54, 1.807) is 11.3 Å². The van der Waals surface area contributed by atoms with Crippen molar-refractivity contribution in [1.82, 2.24) is 15.0 Å². The second-order valence-corrected chi connectivity index (χ2v) is 11.5. The Balaban J connectivity index is 1.27. The number of hydrogen-bond acceptors (Lipinski definition) is 4. The minimum atomic E-state index is 0.670. The minimum absolute atomic E-state index is 0.670. The second-order valence-electron chi connectivity index (χ2n) is 10.5. The average molecular weight is 568 g/mol. The number of fused-ring (bicyclic) bond motifs is 3. The topological polar surface area (TPSA) is 38.7 Å². The van der Waals surface area contributed by atoms with Crippen molar-refractivity contribution in [3.63, 3.8) is 0 Å². The van der Waals surface area contributed by atoms with Gasteiger partial charge in [-0.05, 0) is 40.5 Å². The zero-order chi connectivity index (χ0) is 28.6. The smallest absolute Gasteiger partial charge is 0.165 e. The van der Waals surface area contributed by atoms with Crippen LogP contribution in [0.2, 0.25) is 0 Å². The van der Waals surface area contributed by atoms with Crippen molar-refractivity contribution < 1.29 is 0 Å². The maximum atomic E-state index is 5.01. The zero-order valence-electron chi connectivity index (χ0n) is 23.2. The van der Waals surface area contributed by atoms with Crippen LogP contribution in [0.25, 0.3) is 76.6 Å². The van der Waals surface area contributed by atoms with Gasteiger partial charge in [0, 0.05) is 36.9 Å². The summed E-state index contributed by atoms with van der Waals surface area (Å²) in [6.07, 6.45) is 0. The summed E-state index contributed by atoms with van der Waals surface area (Å²) >= 11 is 1.80. The Labute approximate surface area is 253 Å². The molecule has 0 bridgehead atoms. The predicted octanol–water partition coefficient (Wildman–Crippen LogP) is 10.6. The Morgan fingerprint density at radius 2 is 0.860 bits per heavy atom. The largest absolute Gasteiger partial charge is 0.208 e. The summed E-state index contributed by atoms with van der Waals surface area (Å²) in [5.41, 5.74) is 7.80. The Kier molecular flexibility index (Phi) is 6.32. The lowest BCUT2D eigenvalue weighted by Gasteiger charge is -2.09. The van der Waals surface area contributed by atoms with Gasteiger partial charge < -0.3 is 0 Å². The SMILES string of the molecule is c1ccc(-c2cccc(-c3ccc4c(c3)sc3c(-c5nc(-c6ccccc6)nc(-c6ccccc6)n5)cccc34)c2)cc1. The molecule has 2 heterocycles. The van der Waals surface area contributed by atoms with Gasteiger partial charge in [-0.2, -0.15) is 0 Å². The molecule has 0 aliphatic heterocycles. The Morgan fingerprint density at radius 1 is 0.349 bits per heavy atom. The third-order valence-corrected chi connectivity index (χ3v) is 8.94. The summed E-state index contributed by atoms with van der Waals surface area (Å²) in [5.74, 6) is 2.02. The van der Waals surface area contributed by atoms with Gasteiger partial charge in [-0.1, -0.05) is 133 Å². The molecule has 0 spiro atoms. The molecule has 4 heteroatoms. The van der Waals surface area contributed by atoms with Crippen LogP contribution in [-0.4, -0.2) is 15.0 Å². The summed E-state index contributed by atoms with van der Waals surface area (Å²) in [6.45, 7) is 0. The lowest BCUT2D eigenvalue weighted by molar-refractivity contribution is 1.08. The third-order valence-electron chi connectivity index (χ3n) is 7.74. The highest BCUT2D eigenvalue weighted by Crippen LogP contribution is 2.41. The molecular formula is C39H25N3S. The van der Waals surface area contributed by atoms with Crippen LogP contribution in [0.5, 0.6) is 0 Å². The lowest BCUT2D eigenvalue weighted by atomic mass is 9.98. The van der Waals surface area contributed by atoms with Crippen LogP contribution in [0.4, 0.5) is 0 Å². The first kappa shape index (κ1) is 25.3. The molecule has 0 unspecified atom stereocenters. The van der Waals surface area contributed by atoms with E-state index in [2.05, 4.69) is 91.0 Å². The van der Waals surface area contributed by atoms with Gasteiger partial charge in [0.25, 0.3) is 0 Å². The first-order chi connectivity index (χ1) is 21.3. The van der Waals surface area contributed by atoms with E-state index in [4.69, 9.17) is 15.0 Å². The molecule has 0 saturated heterocycles. The van der Waals surface area contributed by atoms with Crippen LogP contribution >= 0.6 is 11.3 Å². The summed E-state index contributed by atoms with van der Waals surface area (Å²) in [7, 11) is 0. The molecule has 202 valence electrons. The highest BCUT2D eigenvalue weighted by atomic mass is 32.1. The van der Waals surface area contributed by atoms with Crippen molar-refractivity contribution in [2.45, 2.75) is 0 Å². The van der Waals surface area contributed by atoms with Crippen molar-refractivity contribution in [2.24, 2.45) is 0 Å². The molecule has 2 aromatic heterocycles. The van der Waals surface area contributed by atoms with E-state index in [1.807, 2.05) is 60.7 Å². The molecule has 0 saturated carbocycles. The van der Waals surface area contributed by atoms with Crippen LogP contribution in [0, 0.1) is 0 Å². The van der Waals surface area contributed by atoms with Gasteiger partial charge in [-0.3, -0.25) is 0 Å². The van der Waals surface area contributed by atoms with Crippen molar-refractivity contribution in [2.75, 3.05) is 0 Å². The molecule has 0 N–H and O–H groups in total. The van der Waals surface area contributed by atoms with Crippen LogP contribution in [0.1, 0.15) is 0 Å². The van der Waals surface area contributed by atoms with E-state index >= 15 is 0 Å². The first-order valence-corrected chi connectivity index (χ1v) is 15.1. The van der Waals surface area contributed by atoms with Crippen molar-refractivity contribution >= 4 is 31.5 Å². The van der Waals surface area contributed by atoms with Crippen molar-refractivity contribution in [1.29, 1.82) is 0 Å². The lowest BCUT2D eigenvalue weighted by Crippen LogP contribution is -2.00. The molecule has 0 aliphatic rings. The third kappa shape index (κ3) is 4.78. The molecule has 0 atom stereocenters. The number of thiophene rings is 1. The van der Waals surface area contributed by atoms with Crippen LogP contribution in [0.3, 0.4) is 0 Å². The van der Waals surface area contributed by atoms with Crippen molar-refractivity contribution in [3.8, 4) is 56.4 Å². The van der Waals surface area contributed by atoms with Crippen molar-refractivity contribution in [3.05, 3.63) is 152 Å². The summed E-state index contributed by atoms with van der Waals surface area (Å²) in [4.78, 5) is 14.9. The number of hydrogen-bond donors (Lipinski definition) is 0. The highest BCUT2D eigenvalue weighted by molar-refractivity contribution is 7.26. The molecule has 6 aromatic carbocycles. The zero-order valence-corrected chi connectivity index (χ0v) is 24.0. The van der Waals surface area contributed by atoms with Gasteiger partial charge in [-0.25, -0.2) is 15.0 Å². The van der Waals surface area contributed by atoms with E-state index < -0.39 is 0 Å². The normalized spacial score (nSPS) is 11.3. The minimum Gasteiger partial charge on any atom is -0.208 e. The molecule has 43 heavy (non-hydrogen) atoms. The summed E-state index contributed by atoms with van der Waals surface area (Å²) in [5, 5.41) is 2.45. The Morgan fingerprint density at radius 3 is 1.51 bits per heavy atom. The number of rotatable bonds is 5. The number of benzene rings is 6. The standard InChI is InChI=1S/C39H25N3S/c1-4-12-26(13-5-1)29-18-10-19-30(24-29)31-22-23-32-33-20-11-21-34(36(33)43-35(32)25-31)39-41-37(27-14-6-2-7-15-27)40-38(42-39)28-16-8-3-9-17-28/h1-25H. The highest BCUT2D eigenvalue weighted by Gasteiger charge is 2.17. The second kappa shape index (κ2) is 10.8. The van der Waals surface area contributed by atoms with Gasteiger partial charge in [0.05, 0.1) is 0 Å². The van der Waals surface area contributed by atoms with Crippen LogP contribution in [-0.2, 0) is 0 Å². The summed E-state index contributed by atoms with van der Waals surface area (Å²) in [6, 6.07) is 52.8. The van der Waals surface area contributed by atoms with Gasteiger partial charge in [-0.15, -0.1) is 11.3 Å². The summed E-state index contributed by atoms with van der Waals surface area (Å²) < 4.78 is 2.42. The molecule has 0 aliphatic carbocycles. The maximum absolute atomic E-state index is 5.01. The van der Waals surface area contributed by atoms with Gasteiger partial charge in [0.2, 0.25) is 0 Å². The fourth-order valence-electron chi connectivity index (χ4n) is 5.59. The molecule has 8 aromatic rings. The molecular weight excluding hydrogens is 543 g/mol. The van der Waals surface area contributed by atoms with E-state index in [0.29, 0.717) is 17.5 Å². The monoisotopic (exact) mass is 567 g/mol. The Hall–Kier alpha value is -5.45. The molecule has 8 rings (SSSR count). The predicted molar refractivity (Wildman–Crippen MR) is 180 cm³/mol. The number of aromatic nitrogens is 3. The van der Waals surface area contributed by atoms with Crippen LogP contribution < -0.4 is 0 Å². The first-order valence-electron chi connectivity index (χ1n) is 14.3. The van der Waals surface area contributed by atoms with E-state index in [-0.39, 0.29) is 0 Å². The number of nitrogens with zero attached hydrogens (tertiary/aromatic N) is 3. The quantitative estimate of drug-likeness (QED) is 0.208. The fraction of sp³-hybridized carbons (Fsp3) is 0. The fourth-order valence-corrected chi connectivity index (χ4v) is 6.84. The van der Waals surface area contributed by atoms with Gasteiger partial charge in [0.1, 0.15) is 0 Å². The van der Waals surface area contributed by atoms with Gasteiger partial charge in [0.15, 0.2) is 17.5 Å². The molecule has 0 amide bonds. The maximum Gasteiger partial charge on any atom is 0.165 e.